The van der Waals surface area contributed by atoms with Crippen molar-refractivity contribution < 1.29 is 18.0 Å². The number of hydrogen-bond acceptors (Lipinski definition) is 2. The molecule has 0 spiro atoms. The van der Waals surface area contributed by atoms with Crippen LogP contribution in [0.15, 0.2) is 22.9 Å². The zero-order valence-electron chi connectivity index (χ0n) is 9.25. The summed E-state index contributed by atoms with van der Waals surface area (Å²) in [5.74, 6) is -0.270. The number of rotatable bonds is 2. The summed E-state index contributed by atoms with van der Waals surface area (Å²) >= 11 is 3.09. The van der Waals surface area contributed by atoms with Gasteiger partial charge >= 0.3 is 6.18 Å². The molecule has 0 aliphatic carbocycles. The van der Waals surface area contributed by atoms with Gasteiger partial charge in [0.2, 0.25) is 0 Å². The Morgan fingerprint density at radius 2 is 2.11 bits per heavy atom. The molecule has 2 aromatic heterocycles. The second-order valence-corrected chi connectivity index (χ2v) is 4.42. The Labute approximate surface area is 109 Å². The quantitative estimate of drug-likeness (QED) is 0.790. The van der Waals surface area contributed by atoms with Crippen molar-refractivity contribution in [3.63, 3.8) is 0 Å². The molecule has 0 saturated heterocycles. The molecular formula is C11H8BrF3N2O. The molecule has 0 bridgehead atoms. The predicted molar refractivity (Wildman–Crippen MR) is 62.5 cm³/mol. The summed E-state index contributed by atoms with van der Waals surface area (Å²) in [6.45, 7) is 1.64. The van der Waals surface area contributed by atoms with Crippen molar-refractivity contribution in [3.8, 4) is 0 Å². The fraction of sp³-hybridized carbons (Fsp3) is 0.273. The molecule has 18 heavy (non-hydrogen) atoms. The summed E-state index contributed by atoms with van der Waals surface area (Å²) in [6.07, 6.45) is -3.36. The van der Waals surface area contributed by atoms with Gasteiger partial charge in [0, 0.05) is 12.6 Å². The van der Waals surface area contributed by atoms with Crippen LogP contribution in [0.3, 0.4) is 0 Å². The topological polar surface area (TPSA) is 34.4 Å². The Morgan fingerprint density at radius 1 is 1.44 bits per heavy atom. The molecule has 2 rings (SSSR count). The molecule has 0 unspecified atom stereocenters. The molecule has 0 aliphatic rings. The highest BCUT2D eigenvalue weighted by atomic mass is 79.9. The molecule has 7 heteroatoms. The third-order valence-electron chi connectivity index (χ3n) is 2.49. The van der Waals surface area contributed by atoms with Crippen molar-refractivity contribution >= 4 is 27.4 Å². The number of nitrogens with zero attached hydrogens (tertiary/aromatic N) is 2. The van der Waals surface area contributed by atoms with Gasteiger partial charge in [-0.15, -0.1) is 0 Å². The van der Waals surface area contributed by atoms with Crippen LogP contribution in [0.5, 0.6) is 0 Å². The molecule has 2 heterocycles. The number of fused-ring (bicyclic) bond motifs is 1. The zero-order chi connectivity index (χ0) is 13.5. The molecule has 0 fully saturated rings. The normalized spacial score (nSPS) is 12.1. The highest BCUT2D eigenvalue weighted by Crippen LogP contribution is 2.30. The first-order chi connectivity index (χ1) is 8.34. The molecule has 0 aromatic carbocycles. The van der Waals surface area contributed by atoms with Gasteiger partial charge in [0.15, 0.2) is 5.78 Å². The highest BCUT2D eigenvalue weighted by Gasteiger charge is 2.31. The number of pyridine rings is 1. The van der Waals surface area contributed by atoms with Gasteiger partial charge in [-0.2, -0.15) is 13.2 Å². The number of aromatic nitrogens is 2. The number of Topliss-reactive ketones (excluding diaryl/α,β-unsaturated/α-hetero) is 1. The van der Waals surface area contributed by atoms with Crippen molar-refractivity contribution in [2.24, 2.45) is 0 Å². The first-order valence-electron chi connectivity index (χ1n) is 5.12. The average molecular weight is 321 g/mol. The molecule has 0 N–H and O–H groups in total. The van der Waals surface area contributed by atoms with Crippen molar-refractivity contribution in [1.82, 2.24) is 9.38 Å². The molecule has 0 amide bonds. The lowest BCUT2D eigenvalue weighted by atomic mass is 10.2. The van der Waals surface area contributed by atoms with Gasteiger partial charge in [0.05, 0.1) is 5.56 Å². The van der Waals surface area contributed by atoms with E-state index in [-0.39, 0.29) is 22.5 Å². The van der Waals surface area contributed by atoms with Crippen LogP contribution in [0.1, 0.15) is 29.4 Å². The van der Waals surface area contributed by atoms with E-state index in [9.17, 15) is 18.0 Å². The monoisotopic (exact) mass is 320 g/mol. The Hall–Kier alpha value is -1.37. The molecule has 3 nitrogen and oxygen atoms in total. The number of ketones is 1. The minimum Gasteiger partial charge on any atom is -0.295 e. The lowest BCUT2D eigenvalue weighted by Crippen LogP contribution is -2.08. The molecule has 0 aliphatic heterocycles. The van der Waals surface area contributed by atoms with Crippen LogP contribution >= 0.6 is 15.9 Å². The number of alkyl halides is 3. The number of carbonyl (C=O) groups is 1. The third kappa shape index (κ3) is 2.14. The van der Waals surface area contributed by atoms with Crippen molar-refractivity contribution in [2.45, 2.75) is 19.5 Å². The van der Waals surface area contributed by atoms with Gasteiger partial charge in [-0.3, -0.25) is 9.20 Å². The molecule has 0 radical (unpaired) electrons. The average Bonchev–Trinajstić information content (AvgIpc) is 2.61. The summed E-state index contributed by atoms with van der Waals surface area (Å²) in [4.78, 5) is 15.7. The van der Waals surface area contributed by atoms with Crippen LogP contribution in [-0.2, 0) is 6.18 Å². The van der Waals surface area contributed by atoms with E-state index >= 15 is 0 Å². The smallest absolute Gasteiger partial charge is 0.295 e. The van der Waals surface area contributed by atoms with E-state index in [1.54, 1.807) is 6.92 Å². The van der Waals surface area contributed by atoms with Crippen LogP contribution in [0.2, 0.25) is 0 Å². The van der Waals surface area contributed by atoms with Gasteiger partial charge in [-0.1, -0.05) is 6.92 Å². The third-order valence-corrected chi connectivity index (χ3v) is 3.04. The van der Waals surface area contributed by atoms with Crippen molar-refractivity contribution in [1.29, 1.82) is 0 Å². The molecular weight excluding hydrogens is 313 g/mol. The zero-order valence-corrected chi connectivity index (χ0v) is 10.8. The number of halogens is 4. The van der Waals surface area contributed by atoms with E-state index < -0.39 is 11.7 Å². The maximum absolute atomic E-state index is 12.6. The van der Waals surface area contributed by atoms with Crippen molar-refractivity contribution in [2.75, 3.05) is 0 Å². The number of carbonyl (C=O) groups excluding carboxylic acids is 1. The molecule has 96 valence electrons. The lowest BCUT2D eigenvalue weighted by Gasteiger charge is -2.07. The summed E-state index contributed by atoms with van der Waals surface area (Å²) in [5, 5.41) is 0. The largest absolute Gasteiger partial charge is 0.417 e. The second-order valence-electron chi connectivity index (χ2n) is 3.67. The van der Waals surface area contributed by atoms with E-state index in [0.717, 1.165) is 12.3 Å². The molecule has 2 aromatic rings. The van der Waals surface area contributed by atoms with Gasteiger partial charge in [-0.05, 0) is 28.1 Å². The Kier molecular flexibility index (Phi) is 3.18. The number of hydrogen-bond donors (Lipinski definition) is 0. The Balaban J connectivity index is 2.71. The second kappa shape index (κ2) is 4.38. The Morgan fingerprint density at radius 3 is 2.67 bits per heavy atom. The van der Waals surface area contributed by atoms with Crippen LogP contribution in [0, 0.1) is 0 Å². The van der Waals surface area contributed by atoms with Gasteiger partial charge in [0.1, 0.15) is 15.9 Å². The Bertz CT molecular complexity index is 619. The van der Waals surface area contributed by atoms with E-state index in [1.165, 1.54) is 10.5 Å². The van der Waals surface area contributed by atoms with Gasteiger partial charge < -0.3 is 0 Å². The maximum Gasteiger partial charge on any atom is 0.417 e. The molecule has 0 atom stereocenters. The maximum atomic E-state index is 12.6. The first-order valence-corrected chi connectivity index (χ1v) is 5.92. The summed E-state index contributed by atoms with van der Waals surface area (Å²) in [5.41, 5.74) is -0.379. The van der Waals surface area contributed by atoms with Gasteiger partial charge in [-0.25, -0.2) is 4.98 Å². The van der Waals surface area contributed by atoms with Crippen LogP contribution in [0.4, 0.5) is 13.2 Å². The van der Waals surface area contributed by atoms with Crippen molar-refractivity contribution in [3.05, 3.63) is 34.2 Å². The summed E-state index contributed by atoms with van der Waals surface area (Å²) in [6, 6.07) is 2.18. The predicted octanol–water partition coefficient (Wildman–Crippen LogP) is 3.71. The lowest BCUT2D eigenvalue weighted by molar-refractivity contribution is -0.137. The number of imidazole rings is 1. The fourth-order valence-electron chi connectivity index (χ4n) is 1.60. The highest BCUT2D eigenvalue weighted by molar-refractivity contribution is 9.10. The van der Waals surface area contributed by atoms with Crippen LogP contribution in [-0.4, -0.2) is 15.2 Å². The standard InChI is InChI=1S/C11H8BrF3N2O/c1-2-7(18)9-10(12)16-8-4-3-6(5-17(8)9)11(13,14)15/h3-5H,2H2,1H3. The SMILES string of the molecule is CCC(=O)c1c(Br)nc2ccc(C(F)(F)F)cn12. The van der Waals surface area contributed by atoms with E-state index in [2.05, 4.69) is 20.9 Å². The fourth-order valence-corrected chi connectivity index (χ4v) is 2.19. The minimum absolute atomic E-state index is 0.138. The van der Waals surface area contributed by atoms with E-state index in [4.69, 9.17) is 0 Å². The van der Waals surface area contributed by atoms with E-state index in [0.29, 0.717) is 5.65 Å². The van der Waals surface area contributed by atoms with Crippen LogP contribution in [0.25, 0.3) is 5.65 Å². The first kappa shape index (κ1) is 13.1. The van der Waals surface area contributed by atoms with E-state index in [1.807, 2.05) is 0 Å². The summed E-state index contributed by atoms with van der Waals surface area (Å²) in [7, 11) is 0. The molecule has 0 saturated carbocycles. The van der Waals surface area contributed by atoms with Gasteiger partial charge in [0.25, 0.3) is 0 Å². The minimum atomic E-state index is -4.45. The summed E-state index contributed by atoms with van der Waals surface area (Å²) < 4.78 is 39.2. The van der Waals surface area contributed by atoms with Crippen LogP contribution < -0.4 is 0 Å².